The number of nitrogens with zero attached hydrogens (tertiary/aromatic N) is 2. The van der Waals surface area contributed by atoms with Gasteiger partial charge in [-0.1, -0.05) is 29.5 Å². The average Bonchev–Trinajstić information content (AvgIpc) is 3.39. The summed E-state index contributed by atoms with van der Waals surface area (Å²) in [7, 11) is 1.29. The van der Waals surface area contributed by atoms with Gasteiger partial charge < -0.3 is 23.7 Å². The van der Waals surface area contributed by atoms with Crippen LogP contribution in [0.2, 0.25) is 0 Å². The van der Waals surface area contributed by atoms with E-state index < -0.39 is 12.0 Å². The Morgan fingerprint density at radius 1 is 0.896 bits per heavy atom. The van der Waals surface area contributed by atoms with Gasteiger partial charge in [-0.05, 0) is 112 Å². The summed E-state index contributed by atoms with van der Waals surface area (Å²) >= 11 is 8.41. The van der Waals surface area contributed by atoms with Crippen LogP contribution in [0.15, 0.2) is 85.1 Å². The highest BCUT2D eigenvalue weighted by Crippen LogP contribution is 2.37. The Morgan fingerprint density at radius 2 is 1.58 bits per heavy atom. The molecule has 10 nitrogen and oxygen atoms in total. The van der Waals surface area contributed by atoms with Gasteiger partial charge in [-0.25, -0.2) is 14.6 Å². The molecule has 0 N–H and O–H groups in total. The van der Waals surface area contributed by atoms with Gasteiger partial charge in [-0.3, -0.25) is 9.36 Å². The Kier molecular flexibility index (Phi) is 11.6. The van der Waals surface area contributed by atoms with E-state index in [-0.39, 0.29) is 23.7 Å². The van der Waals surface area contributed by atoms with Crippen LogP contribution >= 0.6 is 43.2 Å². The maximum Gasteiger partial charge on any atom is 0.338 e. The van der Waals surface area contributed by atoms with Gasteiger partial charge in [0.05, 0.1) is 57.6 Å². The van der Waals surface area contributed by atoms with Crippen LogP contribution in [0, 0.1) is 0 Å². The summed E-state index contributed by atoms with van der Waals surface area (Å²) in [4.78, 5) is 43.7. The molecule has 0 bridgehead atoms. The van der Waals surface area contributed by atoms with Crippen LogP contribution in [0.4, 0.5) is 0 Å². The SMILES string of the molecule is CCOC(=O)c1ccc(COc2c(Br)cc(/C=c3/sc4n(c3=O)[C@@H](c3ccc(OCC)c(OCC)c3)C(C(=O)OC)=CN=4)cc2Br)cc1. The molecule has 1 aliphatic heterocycles. The van der Waals surface area contributed by atoms with Crippen molar-refractivity contribution in [3.05, 3.63) is 117 Å². The third-order valence-corrected chi connectivity index (χ3v) is 9.35. The average molecular weight is 801 g/mol. The van der Waals surface area contributed by atoms with Crippen LogP contribution in [0.3, 0.4) is 0 Å². The Balaban J connectivity index is 1.47. The summed E-state index contributed by atoms with van der Waals surface area (Å²) < 4.78 is 31.0. The molecule has 1 aliphatic rings. The minimum atomic E-state index is -0.800. The minimum Gasteiger partial charge on any atom is -0.490 e. The van der Waals surface area contributed by atoms with Gasteiger partial charge in [0.2, 0.25) is 0 Å². The molecule has 5 rings (SSSR count). The van der Waals surface area contributed by atoms with E-state index in [0.29, 0.717) is 66.5 Å². The Hall–Kier alpha value is -4.20. The highest BCUT2D eigenvalue weighted by Gasteiger charge is 2.31. The maximum atomic E-state index is 14.0. The fourth-order valence-corrected chi connectivity index (χ4v) is 7.47. The Bertz CT molecular complexity index is 2030. The van der Waals surface area contributed by atoms with Gasteiger partial charge in [0.1, 0.15) is 12.4 Å². The summed E-state index contributed by atoms with van der Waals surface area (Å²) in [6.07, 6.45) is 3.21. The van der Waals surface area contributed by atoms with Crippen molar-refractivity contribution in [1.29, 1.82) is 0 Å². The molecule has 4 aromatic rings. The number of rotatable bonds is 12. The Morgan fingerprint density at radius 3 is 2.23 bits per heavy atom. The van der Waals surface area contributed by atoms with E-state index >= 15 is 0 Å². The molecule has 0 aliphatic carbocycles. The number of hydrogen-bond donors (Lipinski definition) is 0. The first-order chi connectivity index (χ1) is 23.2. The van der Waals surface area contributed by atoms with E-state index in [4.69, 9.17) is 23.7 Å². The molecule has 0 spiro atoms. The van der Waals surface area contributed by atoms with E-state index in [1.807, 2.05) is 38.1 Å². The number of aromatic nitrogens is 1. The molecule has 1 aromatic heterocycles. The van der Waals surface area contributed by atoms with Crippen molar-refractivity contribution >= 4 is 61.2 Å². The van der Waals surface area contributed by atoms with Crippen molar-refractivity contribution in [2.45, 2.75) is 33.4 Å². The van der Waals surface area contributed by atoms with Gasteiger partial charge in [0.15, 0.2) is 16.3 Å². The lowest BCUT2D eigenvalue weighted by atomic mass is 9.97. The highest BCUT2D eigenvalue weighted by molar-refractivity contribution is 9.11. The number of ether oxygens (including phenoxy) is 5. The third kappa shape index (κ3) is 7.58. The molecule has 0 unspecified atom stereocenters. The number of carbonyl (C=O) groups is 2. The molecule has 250 valence electrons. The summed E-state index contributed by atoms with van der Waals surface area (Å²) in [5.74, 6) is 0.680. The molecular weight excluding hydrogens is 768 g/mol. The zero-order valence-corrected chi connectivity index (χ0v) is 30.6. The fourth-order valence-electron chi connectivity index (χ4n) is 5.05. The number of esters is 2. The monoisotopic (exact) mass is 798 g/mol. The number of methoxy groups -OCH3 is 1. The van der Waals surface area contributed by atoms with Crippen molar-refractivity contribution in [2.75, 3.05) is 26.9 Å². The van der Waals surface area contributed by atoms with Crippen LogP contribution in [0.1, 0.15) is 53.9 Å². The molecule has 0 radical (unpaired) electrons. The lowest BCUT2D eigenvalue weighted by Crippen LogP contribution is -2.39. The van der Waals surface area contributed by atoms with Crippen LogP contribution in [-0.2, 0) is 20.9 Å². The first-order valence-corrected chi connectivity index (χ1v) is 17.5. The second kappa shape index (κ2) is 15.8. The summed E-state index contributed by atoms with van der Waals surface area (Å²) in [5, 5.41) is 0. The van der Waals surface area contributed by atoms with Crippen LogP contribution in [0.5, 0.6) is 17.2 Å². The number of hydrogen-bond acceptors (Lipinski definition) is 10. The smallest absolute Gasteiger partial charge is 0.338 e. The third-order valence-electron chi connectivity index (χ3n) is 7.17. The molecule has 0 amide bonds. The van der Waals surface area contributed by atoms with Crippen molar-refractivity contribution in [2.24, 2.45) is 4.99 Å². The largest absolute Gasteiger partial charge is 0.490 e. The van der Waals surface area contributed by atoms with E-state index in [0.717, 1.165) is 11.1 Å². The topological polar surface area (TPSA) is 115 Å². The lowest BCUT2D eigenvalue weighted by Gasteiger charge is -2.23. The summed E-state index contributed by atoms with van der Waals surface area (Å²) in [5.41, 5.74) is 2.61. The van der Waals surface area contributed by atoms with Crippen molar-refractivity contribution < 1.29 is 33.3 Å². The number of thiazole rings is 1. The molecule has 0 fully saturated rings. The highest BCUT2D eigenvalue weighted by atomic mass is 79.9. The van der Waals surface area contributed by atoms with Gasteiger partial charge in [-0.15, -0.1) is 0 Å². The lowest BCUT2D eigenvalue weighted by molar-refractivity contribution is -0.136. The van der Waals surface area contributed by atoms with E-state index in [9.17, 15) is 14.4 Å². The van der Waals surface area contributed by atoms with Crippen LogP contribution in [0.25, 0.3) is 6.08 Å². The van der Waals surface area contributed by atoms with E-state index in [1.165, 1.54) is 29.2 Å². The molecule has 0 saturated carbocycles. The molecule has 13 heteroatoms. The van der Waals surface area contributed by atoms with E-state index in [1.54, 1.807) is 43.3 Å². The molecule has 1 atom stereocenters. The van der Waals surface area contributed by atoms with Gasteiger partial charge in [0.25, 0.3) is 5.56 Å². The van der Waals surface area contributed by atoms with Gasteiger partial charge >= 0.3 is 11.9 Å². The first kappa shape index (κ1) is 35.1. The predicted molar refractivity (Wildman–Crippen MR) is 189 cm³/mol. The molecule has 3 aromatic carbocycles. The molecule has 48 heavy (non-hydrogen) atoms. The standard InChI is InChI=1S/C35H32Br2N2O8S/c1-5-44-27-13-12-23(17-28(27)45-6-2)30-24(34(42)43-4)18-38-35-39(30)32(40)29(48-35)16-21-14-25(36)31(26(37)15-21)47-19-20-8-10-22(11-9-20)33(41)46-7-3/h8-18,30H,5-7,19H2,1-4H3/b29-16+/t30-/m0/s1. The zero-order chi connectivity index (χ0) is 34.4. The molecular formula is C35H32Br2N2O8S. The zero-order valence-electron chi connectivity index (χ0n) is 26.6. The maximum absolute atomic E-state index is 14.0. The first-order valence-electron chi connectivity index (χ1n) is 15.1. The summed E-state index contributed by atoms with van der Waals surface area (Å²) in [6, 6.07) is 15.3. The normalized spacial score (nSPS) is 14.0. The molecule has 2 heterocycles. The van der Waals surface area contributed by atoms with Crippen molar-refractivity contribution in [3.8, 4) is 17.2 Å². The number of benzene rings is 3. The quantitative estimate of drug-likeness (QED) is 0.158. The summed E-state index contributed by atoms with van der Waals surface area (Å²) in [6.45, 7) is 6.95. The number of halogens is 2. The van der Waals surface area contributed by atoms with Crippen molar-refractivity contribution in [1.82, 2.24) is 4.57 Å². The van der Waals surface area contributed by atoms with E-state index in [2.05, 4.69) is 36.9 Å². The number of fused-ring (bicyclic) bond motifs is 1. The second-order valence-corrected chi connectivity index (χ2v) is 13.0. The number of carbonyl (C=O) groups excluding carboxylic acids is 2. The molecule has 0 saturated heterocycles. The van der Waals surface area contributed by atoms with Crippen LogP contribution in [-0.4, -0.2) is 43.4 Å². The van der Waals surface area contributed by atoms with Gasteiger partial charge in [0, 0.05) is 6.20 Å². The van der Waals surface area contributed by atoms with Crippen molar-refractivity contribution in [3.63, 3.8) is 0 Å². The fraction of sp³-hybridized carbons (Fsp3) is 0.257. The Labute approximate surface area is 297 Å². The second-order valence-electron chi connectivity index (χ2n) is 10.3. The predicted octanol–water partition coefficient (Wildman–Crippen LogP) is 6.10. The van der Waals surface area contributed by atoms with Gasteiger partial charge in [-0.2, -0.15) is 0 Å². The van der Waals surface area contributed by atoms with Crippen LogP contribution < -0.4 is 29.1 Å². The minimum absolute atomic E-state index is 0.214.